The third-order valence-electron chi connectivity index (χ3n) is 2.02. The summed E-state index contributed by atoms with van der Waals surface area (Å²) in [6, 6.07) is 3.94. The standard InChI is InChI=1S/C11H11NO5/c1-17-11(14)4-2-3-8-5-6-9(12(15)16)10(13)7-8/h2-3,5-7,13H,4H2,1H3. The van der Waals surface area contributed by atoms with Crippen molar-refractivity contribution in [1.82, 2.24) is 0 Å². The highest BCUT2D eigenvalue weighted by atomic mass is 16.6. The molecule has 0 atom stereocenters. The van der Waals surface area contributed by atoms with Crippen LogP contribution in [-0.4, -0.2) is 23.1 Å². The average molecular weight is 237 g/mol. The first kappa shape index (κ1) is 12.7. The Morgan fingerprint density at radius 2 is 2.29 bits per heavy atom. The summed E-state index contributed by atoms with van der Waals surface area (Å²) in [5.74, 6) is -0.789. The molecule has 0 amide bonds. The van der Waals surface area contributed by atoms with Gasteiger partial charge in [-0.25, -0.2) is 0 Å². The zero-order valence-electron chi connectivity index (χ0n) is 9.12. The summed E-state index contributed by atoms with van der Waals surface area (Å²) in [4.78, 5) is 20.6. The van der Waals surface area contributed by atoms with E-state index < -0.39 is 10.7 Å². The van der Waals surface area contributed by atoms with Crippen LogP contribution in [0.25, 0.3) is 6.08 Å². The van der Waals surface area contributed by atoms with Crippen molar-refractivity contribution in [1.29, 1.82) is 0 Å². The molecule has 1 aromatic rings. The van der Waals surface area contributed by atoms with Crippen molar-refractivity contribution in [2.45, 2.75) is 6.42 Å². The Hall–Kier alpha value is -2.37. The number of esters is 1. The monoisotopic (exact) mass is 237 g/mol. The van der Waals surface area contributed by atoms with Gasteiger partial charge < -0.3 is 9.84 Å². The number of rotatable bonds is 4. The molecular weight excluding hydrogens is 226 g/mol. The lowest BCUT2D eigenvalue weighted by molar-refractivity contribution is -0.385. The molecule has 1 N–H and O–H groups in total. The zero-order valence-corrected chi connectivity index (χ0v) is 9.12. The topological polar surface area (TPSA) is 89.7 Å². The van der Waals surface area contributed by atoms with Crippen molar-refractivity contribution in [2.75, 3.05) is 7.11 Å². The van der Waals surface area contributed by atoms with E-state index in [0.717, 1.165) is 0 Å². The number of hydrogen-bond donors (Lipinski definition) is 1. The number of methoxy groups -OCH3 is 1. The lowest BCUT2D eigenvalue weighted by atomic mass is 10.1. The van der Waals surface area contributed by atoms with Crippen LogP contribution < -0.4 is 0 Å². The van der Waals surface area contributed by atoms with E-state index in [4.69, 9.17) is 0 Å². The van der Waals surface area contributed by atoms with Crippen molar-refractivity contribution in [3.05, 3.63) is 40.0 Å². The van der Waals surface area contributed by atoms with Crippen LogP contribution >= 0.6 is 0 Å². The number of ether oxygens (including phenoxy) is 1. The average Bonchev–Trinajstić information content (AvgIpc) is 2.28. The first-order valence-electron chi connectivity index (χ1n) is 4.75. The van der Waals surface area contributed by atoms with Gasteiger partial charge >= 0.3 is 11.7 Å². The molecule has 1 aromatic carbocycles. The molecule has 0 aromatic heterocycles. The van der Waals surface area contributed by atoms with Gasteiger partial charge in [0, 0.05) is 6.07 Å². The molecule has 0 aliphatic carbocycles. The number of benzene rings is 1. The maximum atomic E-state index is 10.8. The second kappa shape index (κ2) is 5.64. The smallest absolute Gasteiger partial charge is 0.310 e. The van der Waals surface area contributed by atoms with Crippen LogP contribution in [0.5, 0.6) is 5.75 Å². The fourth-order valence-corrected chi connectivity index (χ4v) is 1.17. The zero-order chi connectivity index (χ0) is 12.8. The van der Waals surface area contributed by atoms with E-state index in [0.29, 0.717) is 5.56 Å². The van der Waals surface area contributed by atoms with Gasteiger partial charge in [0.25, 0.3) is 0 Å². The Labute approximate surface area is 97.3 Å². The first-order valence-corrected chi connectivity index (χ1v) is 4.75. The predicted octanol–water partition coefficient (Wildman–Crippen LogP) is 1.88. The van der Waals surface area contributed by atoms with E-state index in [9.17, 15) is 20.0 Å². The molecule has 0 heterocycles. The molecule has 0 saturated heterocycles. The number of phenolic OH excluding ortho intramolecular Hbond substituents is 1. The van der Waals surface area contributed by atoms with Crippen LogP contribution in [0.15, 0.2) is 24.3 Å². The van der Waals surface area contributed by atoms with Gasteiger partial charge in [-0.15, -0.1) is 0 Å². The largest absolute Gasteiger partial charge is 0.502 e. The second-order valence-corrected chi connectivity index (χ2v) is 3.19. The third-order valence-corrected chi connectivity index (χ3v) is 2.02. The van der Waals surface area contributed by atoms with E-state index in [1.807, 2.05) is 0 Å². The molecule has 17 heavy (non-hydrogen) atoms. The number of aromatic hydroxyl groups is 1. The Kier molecular flexibility index (Phi) is 4.21. The molecule has 0 fully saturated rings. The molecule has 0 aliphatic heterocycles. The second-order valence-electron chi connectivity index (χ2n) is 3.19. The highest BCUT2D eigenvalue weighted by molar-refractivity contribution is 5.72. The Bertz CT molecular complexity index is 467. The van der Waals surface area contributed by atoms with Crippen LogP contribution in [-0.2, 0) is 9.53 Å². The lowest BCUT2D eigenvalue weighted by Gasteiger charge is -1.97. The Balaban J connectivity index is 2.77. The number of nitro benzene ring substituents is 1. The van der Waals surface area contributed by atoms with Crippen LogP contribution in [0, 0.1) is 10.1 Å². The van der Waals surface area contributed by atoms with Crippen molar-refractivity contribution in [3.63, 3.8) is 0 Å². The van der Waals surface area contributed by atoms with Gasteiger partial charge in [0.05, 0.1) is 18.5 Å². The van der Waals surface area contributed by atoms with Gasteiger partial charge in [-0.1, -0.05) is 12.2 Å². The van der Waals surface area contributed by atoms with Gasteiger partial charge in [-0.3, -0.25) is 14.9 Å². The summed E-state index contributed by atoms with van der Waals surface area (Å²) >= 11 is 0. The number of carbonyl (C=O) groups excluding carboxylic acids is 1. The summed E-state index contributed by atoms with van der Waals surface area (Å²) in [6.45, 7) is 0. The van der Waals surface area contributed by atoms with Gasteiger partial charge in [-0.05, 0) is 17.7 Å². The van der Waals surface area contributed by atoms with E-state index in [1.54, 1.807) is 12.2 Å². The summed E-state index contributed by atoms with van der Waals surface area (Å²) in [5, 5.41) is 19.8. The summed E-state index contributed by atoms with van der Waals surface area (Å²) in [5.41, 5.74) is 0.215. The van der Waals surface area contributed by atoms with Gasteiger partial charge in [0.1, 0.15) is 0 Å². The lowest BCUT2D eigenvalue weighted by Crippen LogP contribution is -1.96. The number of carbonyl (C=O) groups is 1. The van der Waals surface area contributed by atoms with Crippen molar-refractivity contribution < 1.29 is 19.6 Å². The first-order chi connectivity index (χ1) is 8.04. The highest BCUT2D eigenvalue weighted by Crippen LogP contribution is 2.26. The minimum Gasteiger partial charge on any atom is -0.502 e. The van der Waals surface area contributed by atoms with Crippen molar-refractivity contribution in [3.8, 4) is 5.75 Å². The molecule has 1 rings (SSSR count). The van der Waals surface area contributed by atoms with Gasteiger partial charge in [0.2, 0.25) is 0 Å². The summed E-state index contributed by atoms with van der Waals surface area (Å²) in [7, 11) is 1.29. The summed E-state index contributed by atoms with van der Waals surface area (Å²) in [6.07, 6.45) is 3.22. The fourth-order valence-electron chi connectivity index (χ4n) is 1.17. The van der Waals surface area contributed by atoms with Crippen LogP contribution in [0.4, 0.5) is 5.69 Å². The van der Waals surface area contributed by atoms with E-state index in [-0.39, 0.29) is 18.1 Å². The normalized spacial score (nSPS) is 10.4. The molecule has 0 bridgehead atoms. The van der Waals surface area contributed by atoms with Crippen LogP contribution in [0.3, 0.4) is 0 Å². The van der Waals surface area contributed by atoms with Crippen molar-refractivity contribution in [2.24, 2.45) is 0 Å². The quantitative estimate of drug-likeness (QED) is 0.490. The highest BCUT2D eigenvalue weighted by Gasteiger charge is 2.11. The Morgan fingerprint density at radius 3 is 2.82 bits per heavy atom. The van der Waals surface area contributed by atoms with Gasteiger partial charge in [-0.2, -0.15) is 0 Å². The number of nitro groups is 1. The maximum absolute atomic E-state index is 10.8. The fraction of sp³-hybridized carbons (Fsp3) is 0.182. The van der Waals surface area contributed by atoms with E-state index in [1.165, 1.54) is 25.3 Å². The molecule has 90 valence electrons. The van der Waals surface area contributed by atoms with Crippen LogP contribution in [0.1, 0.15) is 12.0 Å². The number of nitrogens with zero attached hydrogens (tertiary/aromatic N) is 1. The minimum atomic E-state index is -0.669. The van der Waals surface area contributed by atoms with E-state index in [2.05, 4.69) is 4.74 Å². The Morgan fingerprint density at radius 1 is 1.59 bits per heavy atom. The minimum absolute atomic E-state index is 0.105. The molecule has 6 nitrogen and oxygen atoms in total. The molecule has 0 saturated carbocycles. The van der Waals surface area contributed by atoms with E-state index >= 15 is 0 Å². The number of phenols is 1. The predicted molar refractivity (Wildman–Crippen MR) is 60.4 cm³/mol. The molecule has 0 aliphatic rings. The van der Waals surface area contributed by atoms with Crippen LogP contribution in [0.2, 0.25) is 0 Å². The number of hydrogen-bond acceptors (Lipinski definition) is 5. The molecule has 6 heteroatoms. The molecular formula is C11H11NO5. The molecule has 0 spiro atoms. The molecule has 0 unspecified atom stereocenters. The summed E-state index contributed by atoms with van der Waals surface area (Å²) < 4.78 is 4.43. The SMILES string of the molecule is COC(=O)CC=Cc1ccc([N+](=O)[O-])c(O)c1. The third kappa shape index (κ3) is 3.60. The molecule has 0 radical (unpaired) electrons. The maximum Gasteiger partial charge on any atom is 0.310 e. The van der Waals surface area contributed by atoms with Gasteiger partial charge in [0.15, 0.2) is 5.75 Å². The van der Waals surface area contributed by atoms with Crippen molar-refractivity contribution >= 4 is 17.7 Å².